The molecule has 2 aromatic heterocycles. The number of hydrogen-bond acceptors (Lipinski definition) is 6. The van der Waals surface area contributed by atoms with Gasteiger partial charge < -0.3 is 20.7 Å². The molecule has 1 aliphatic heterocycles. The molecule has 1 atom stereocenters. The predicted molar refractivity (Wildman–Crippen MR) is 136 cm³/mol. The van der Waals surface area contributed by atoms with Crippen molar-refractivity contribution in [3.63, 3.8) is 0 Å². The van der Waals surface area contributed by atoms with Gasteiger partial charge in [-0.05, 0) is 38.2 Å². The normalized spacial score (nSPS) is 21.7. The Morgan fingerprint density at radius 3 is 2.88 bits per heavy atom. The average Bonchev–Trinajstić information content (AvgIpc) is 3.27. The molecule has 0 bridgehead atoms. The van der Waals surface area contributed by atoms with E-state index in [4.69, 9.17) is 20.6 Å². The SMILES string of the molecule is C\C=C/C(=C\C=C\CC)c1cc2nc(N/C=C3/CCCCC3N)cc(N3CCOCC3)n2n1. The Morgan fingerprint density at radius 1 is 1.27 bits per heavy atom. The molecule has 1 aliphatic carbocycles. The summed E-state index contributed by atoms with van der Waals surface area (Å²) in [6.45, 7) is 7.24. The summed E-state index contributed by atoms with van der Waals surface area (Å²) in [5.74, 6) is 1.83. The molecule has 3 heterocycles. The highest BCUT2D eigenvalue weighted by atomic mass is 16.5. The third kappa shape index (κ3) is 5.72. The topological polar surface area (TPSA) is 80.7 Å². The van der Waals surface area contributed by atoms with Gasteiger partial charge in [0.1, 0.15) is 11.6 Å². The fourth-order valence-electron chi connectivity index (χ4n) is 4.31. The van der Waals surface area contributed by atoms with Crippen molar-refractivity contribution in [2.24, 2.45) is 5.73 Å². The maximum absolute atomic E-state index is 6.31. The van der Waals surface area contributed by atoms with Crippen LogP contribution in [0.15, 0.2) is 54.3 Å². The number of nitrogens with zero attached hydrogens (tertiary/aromatic N) is 4. The van der Waals surface area contributed by atoms with Gasteiger partial charge >= 0.3 is 0 Å². The highest BCUT2D eigenvalue weighted by Gasteiger charge is 2.19. The van der Waals surface area contributed by atoms with E-state index in [1.807, 2.05) is 17.5 Å². The van der Waals surface area contributed by atoms with Crippen LogP contribution < -0.4 is 16.0 Å². The third-order valence-electron chi connectivity index (χ3n) is 6.15. The summed E-state index contributed by atoms with van der Waals surface area (Å²) in [5, 5.41) is 8.37. The highest BCUT2D eigenvalue weighted by Crippen LogP contribution is 2.26. The zero-order chi connectivity index (χ0) is 23.0. The van der Waals surface area contributed by atoms with Gasteiger partial charge in [-0.2, -0.15) is 9.61 Å². The van der Waals surface area contributed by atoms with E-state index in [1.54, 1.807) is 0 Å². The first-order valence-electron chi connectivity index (χ1n) is 12.1. The van der Waals surface area contributed by atoms with Gasteiger partial charge in [0, 0.05) is 43.0 Å². The number of nitrogens with one attached hydrogen (secondary N) is 1. The summed E-state index contributed by atoms with van der Waals surface area (Å²) in [4.78, 5) is 7.19. The van der Waals surface area contributed by atoms with Crippen LogP contribution in [0.2, 0.25) is 0 Å². The Labute approximate surface area is 196 Å². The number of rotatable bonds is 7. The summed E-state index contributed by atoms with van der Waals surface area (Å²) in [5.41, 5.74) is 10.4. The second kappa shape index (κ2) is 11.3. The Bertz CT molecular complexity index is 1060. The highest BCUT2D eigenvalue weighted by molar-refractivity contribution is 5.75. The molecule has 2 fully saturated rings. The zero-order valence-corrected chi connectivity index (χ0v) is 19.8. The molecule has 0 spiro atoms. The van der Waals surface area contributed by atoms with E-state index in [9.17, 15) is 0 Å². The standard InChI is InChI=1S/C26H36N6O/c1-3-5-6-10-20(9-4-2)23-17-25-29-24(28-19-21-11-7-8-12-22(21)27)18-26(32(25)30-23)31-13-15-33-16-14-31/h4-6,9-10,17-19,22H,3,7-8,11-16,27H2,1-2H3,(H,28,29)/b6-5+,9-4-,20-10+,21-19-. The van der Waals surface area contributed by atoms with Gasteiger partial charge in [0.2, 0.25) is 0 Å². The van der Waals surface area contributed by atoms with Crippen molar-refractivity contribution in [1.29, 1.82) is 0 Å². The van der Waals surface area contributed by atoms with Crippen LogP contribution in [0.25, 0.3) is 11.2 Å². The summed E-state index contributed by atoms with van der Waals surface area (Å²) in [7, 11) is 0. The van der Waals surface area contributed by atoms with Crippen LogP contribution in [0, 0.1) is 0 Å². The molecular formula is C26H36N6O. The van der Waals surface area contributed by atoms with Gasteiger partial charge in [-0.25, -0.2) is 4.98 Å². The van der Waals surface area contributed by atoms with Crippen LogP contribution >= 0.6 is 0 Å². The molecule has 1 saturated carbocycles. The van der Waals surface area contributed by atoms with Gasteiger partial charge in [0.05, 0.1) is 18.9 Å². The summed E-state index contributed by atoms with van der Waals surface area (Å²) in [6, 6.07) is 4.27. The quantitative estimate of drug-likeness (QED) is 0.598. The molecule has 1 saturated heterocycles. The molecule has 0 radical (unpaired) electrons. The number of allylic oxidation sites excluding steroid dienone is 6. The summed E-state index contributed by atoms with van der Waals surface area (Å²) < 4.78 is 7.53. The molecule has 176 valence electrons. The fourth-order valence-corrected chi connectivity index (χ4v) is 4.31. The number of anilines is 2. The van der Waals surface area contributed by atoms with Gasteiger partial charge in [-0.15, -0.1) is 0 Å². The summed E-state index contributed by atoms with van der Waals surface area (Å²) in [6.07, 6.45) is 18.0. The Hall–Kier alpha value is -2.90. The molecule has 7 nitrogen and oxygen atoms in total. The van der Waals surface area contributed by atoms with E-state index in [0.29, 0.717) is 13.2 Å². The van der Waals surface area contributed by atoms with Crippen molar-refractivity contribution in [3.8, 4) is 0 Å². The van der Waals surface area contributed by atoms with Crippen molar-refractivity contribution < 1.29 is 4.74 Å². The lowest BCUT2D eigenvalue weighted by atomic mass is 9.91. The molecule has 3 N–H and O–H groups in total. The van der Waals surface area contributed by atoms with Gasteiger partial charge in [-0.1, -0.05) is 43.7 Å². The molecular weight excluding hydrogens is 412 g/mol. The summed E-state index contributed by atoms with van der Waals surface area (Å²) >= 11 is 0. The third-order valence-corrected chi connectivity index (χ3v) is 6.15. The maximum Gasteiger partial charge on any atom is 0.160 e. The van der Waals surface area contributed by atoms with Crippen LogP contribution in [-0.4, -0.2) is 46.9 Å². The number of hydrogen-bond donors (Lipinski definition) is 2. The predicted octanol–water partition coefficient (Wildman–Crippen LogP) is 4.69. The number of fused-ring (bicyclic) bond motifs is 1. The fraction of sp³-hybridized carbons (Fsp3) is 0.462. The first-order valence-corrected chi connectivity index (χ1v) is 12.1. The lowest BCUT2D eigenvalue weighted by molar-refractivity contribution is 0.122. The first-order chi connectivity index (χ1) is 16.2. The number of morpholine rings is 1. The molecule has 0 amide bonds. The van der Waals surface area contributed by atoms with E-state index in [0.717, 1.165) is 60.9 Å². The van der Waals surface area contributed by atoms with E-state index >= 15 is 0 Å². The van der Waals surface area contributed by atoms with Gasteiger partial charge in [0.25, 0.3) is 0 Å². The molecule has 2 aliphatic rings. The van der Waals surface area contributed by atoms with Crippen LogP contribution in [-0.2, 0) is 4.74 Å². The van der Waals surface area contributed by atoms with Gasteiger partial charge in [-0.3, -0.25) is 0 Å². The average molecular weight is 449 g/mol. The van der Waals surface area contributed by atoms with Crippen molar-refractivity contribution in [3.05, 3.63) is 60.0 Å². The molecule has 4 rings (SSSR count). The Kier molecular flexibility index (Phi) is 7.96. The first kappa shape index (κ1) is 23.3. The van der Waals surface area contributed by atoms with Crippen molar-refractivity contribution in [2.45, 2.75) is 52.0 Å². The van der Waals surface area contributed by atoms with E-state index in [2.05, 4.69) is 59.8 Å². The number of aromatic nitrogens is 3. The molecule has 7 heteroatoms. The smallest absolute Gasteiger partial charge is 0.160 e. The largest absolute Gasteiger partial charge is 0.378 e. The van der Waals surface area contributed by atoms with E-state index in [1.165, 1.54) is 18.4 Å². The van der Waals surface area contributed by atoms with E-state index in [-0.39, 0.29) is 6.04 Å². The van der Waals surface area contributed by atoms with Gasteiger partial charge in [0.15, 0.2) is 5.65 Å². The maximum atomic E-state index is 6.31. The lowest BCUT2D eigenvalue weighted by Gasteiger charge is -2.29. The molecule has 0 aromatic carbocycles. The van der Waals surface area contributed by atoms with Crippen LogP contribution in [0.4, 0.5) is 11.6 Å². The minimum atomic E-state index is 0.139. The number of ether oxygens (including phenoxy) is 1. The minimum Gasteiger partial charge on any atom is -0.378 e. The monoisotopic (exact) mass is 448 g/mol. The molecule has 1 unspecified atom stereocenters. The minimum absolute atomic E-state index is 0.139. The second-order valence-corrected chi connectivity index (χ2v) is 8.57. The van der Waals surface area contributed by atoms with Crippen molar-refractivity contribution in [2.75, 3.05) is 36.5 Å². The van der Waals surface area contributed by atoms with E-state index < -0.39 is 0 Å². The van der Waals surface area contributed by atoms with Crippen molar-refractivity contribution in [1.82, 2.24) is 14.6 Å². The second-order valence-electron chi connectivity index (χ2n) is 8.57. The van der Waals surface area contributed by atoms with Crippen LogP contribution in [0.3, 0.4) is 0 Å². The lowest BCUT2D eigenvalue weighted by Crippen LogP contribution is -2.37. The number of nitrogens with two attached hydrogens (primary N) is 1. The zero-order valence-electron chi connectivity index (χ0n) is 19.8. The Morgan fingerprint density at radius 2 is 2.12 bits per heavy atom. The molecule has 33 heavy (non-hydrogen) atoms. The van der Waals surface area contributed by atoms with Crippen LogP contribution in [0.5, 0.6) is 0 Å². The van der Waals surface area contributed by atoms with Crippen LogP contribution in [0.1, 0.15) is 51.6 Å². The Balaban J connectivity index is 1.73. The van der Waals surface area contributed by atoms with Crippen molar-refractivity contribution >= 4 is 22.9 Å². The molecule has 2 aromatic rings.